The minimum atomic E-state index is -0.514. The van der Waals surface area contributed by atoms with E-state index in [1.54, 1.807) is 0 Å². The number of rotatable bonds is 10. The monoisotopic (exact) mass is 743 g/mol. The zero-order chi connectivity index (χ0) is 22.1. The maximum Gasteiger partial charge on any atom is 0.256 e. The molecule has 0 unspecified atom stereocenters. The molecular formula is C17H20I3N3O6. The van der Waals surface area contributed by atoms with Gasteiger partial charge in [-0.3, -0.25) is 9.59 Å². The Hall–Kier alpha value is -0.320. The van der Waals surface area contributed by atoms with Gasteiger partial charge in [-0.25, -0.2) is 0 Å². The zero-order valence-electron chi connectivity index (χ0n) is 15.2. The normalized spacial score (nSPS) is 10.6. The van der Waals surface area contributed by atoms with Crippen LogP contribution < -0.4 is 0 Å². The van der Waals surface area contributed by atoms with Gasteiger partial charge in [-0.05, 0) is 67.8 Å². The van der Waals surface area contributed by atoms with E-state index in [2.05, 4.69) is 0 Å². The maximum atomic E-state index is 13.1. The van der Waals surface area contributed by atoms with Crippen molar-refractivity contribution >= 4 is 79.6 Å². The van der Waals surface area contributed by atoms with E-state index in [1.807, 2.05) is 73.8 Å². The number of nitriles is 1. The molecule has 2 amide bonds. The predicted octanol–water partition coefficient (Wildman–Crippen LogP) is 0.226. The Kier molecular flexibility index (Phi) is 12.1. The van der Waals surface area contributed by atoms with Gasteiger partial charge in [0.1, 0.15) is 6.07 Å². The van der Waals surface area contributed by atoms with Gasteiger partial charge in [0, 0.05) is 36.9 Å². The van der Waals surface area contributed by atoms with E-state index in [0.717, 1.165) is 0 Å². The fourth-order valence-electron chi connectivity index (χ4n) is 2.57. The summed E-state index contributed by atoms with van der Waals surface area (Å²) < 4.78 is 1.07. The molecule has 0 heterocycles. The number of hydrogen-bond donors (Lipinski definition) is 4. The second-order valence-electron chi connectivity index (χ2n) is 5.66. The average Bonchev–Trinajstić information content (AvgIpc) is 2.67. The molecule has 4 N–H and O–H groups in total. The van der Waals surface area contributed by atoms with E-state index in [0.29, 0.717) is 10.7 Å². The van der Waals surface area contributed by atoms with Crippen LogP contribution in [0.4, 0.5) is 0 Å². The van der Waals surface area contributed by atoms with E-state index in [4.69, 9.17) is 0 Å². The standard InChI is InChI=1S/C17H20I3N3O6/c18-13-10(9-21)14(19)12(17(29)23(3-7-26)4-8-27)15(20)11(13)16(28)22(1-5-24)2-6-25/h24-27H,1-8H2. The van der Waals surface area contributed by atoms with E-state index >= 15 is 0 Å². The van der Waals surface area contributed by atoms with Gasteiger partial charge < -0.3 is 30.2 Å². The van der Waals surface area contributed by atoms with Gasteiger partial charge in [-0.15, -0.1) is 0 Å². The summed E-state index contributed by atoms with van der Waals surface area (Å²) in [6.07, 6.45) is 0. The Morgan fingerprint density at radius 1 is 0.724 bits per heavy atom. The molecule has 1 rings (SSSR count). The van der Waals surface area contributed by atoms with Crippen LogP contribution >= 0.6 is 67.8 Å². The Morgan fingerprint density at radius 2 is 1.03 bits per heavy atom. The van der Waals surface area contributed by atoms with Crippen molar-refractivity contribution in [1.82, 2.24) is 9.80 Å². The van der Waals surface area contributed by atoms with E-state index in [9.17, 15) is 35.3 Å². The second-order valence-corrected chi connectivity index (χ2v) is 8.89. The molecule has 0 aliphatic carbocycles. The van der Waals surface area contributed by atoms with Crippen molar-refractivity contribution in [3.8, 4) is 6.07 Å². The molecule has 1 aromatic rings. The molecule has 29 heavy (non-hydrogen) atoms. The van der Waals surface area contributed by atoms with Crippen LogP contribution in [0.25, 0.3) is 0 Å². The summed E-state index contributed by atoms with van der Waals surface area (Å²) in [5.41, 5.74) is 0.446. The number of aliphatic hydroxyl groups is 4. The van der Waals surface area contributed by atoms with Gasteiger partial charge in [0.2, 0.25) is 0 Å². The number of halogens is 3. The third kappa shape index (κ3) is 6.33. The maximum absolute atomic E-state index is 13.1. The summed E-state index contributed by atoms with van der Waals surface area (Å²) in [7, 11) is 0. The highest BCUT2D eigenvalue weighted by Crippen LogP contribution is 2.33. The molecule has 0 bridgehead atoms. The molecule has 160 valence electrons. The molecule has 0 saturated carbocycles. The molecule has 0 aromatic heterocycles. The van der Waals surface area contributed by atoms with Gasteiger partial charge in [-0.1, -0.05) is 0 Å². The minimum Gasteiger partial charge on any atom is -0.395 e. The fraction of sp³-hybridized carbons (Fsp3) is 0.471. The molecular weight excluding hydrogens is 723 g/mol. The quantitative estimate of drug-likeness (QED) is 0.251. The van der Waals surface area contributed by atoms with Gasteiger partial charge in [0.05, 0.1) is 43.1 Å². The molecule has 9 nitrogen and oxygen atoms in total. The number of amides is 2. The Labute approximate surface area is 209 Å². The van der Waals surface area contributed by atoms with Crippen LogP contribution in [0.3, 0.4) is 0 Å². The number of hydrogen-bond acceptors (Lipinski definition) is 7. The van der Waals surface area contributed by atoms with Crippen molar-refractivity contribution in [2.24, 2.45) is 0 Å². The van der Waals surface area contributed by atoms with Crippen LogP contribution in [0.15, 0.2) is 0 Å². The molecule has 1 aromatic carbocycles. The minimum absolute atomic E-state index is 0.0101. The van der Waals surface area contributed by atoms with E-state index < -0.39 is 11.8 Å². The smallest absolute Gasteiger partial charge is 0.256 e. The number of nitrogens with zero attached hydrogens (tertiary/aromatic N) is 3. The number of carbonyl (C=O) groups excluding carboxylic acids is 2. The topological polar surface area (TPSA) is 145 Å². The van der Waals surface area contributed by atoms with E-state index in [-0.39, 0.29) is 69.3 Å². The van der Waals surface area contributed by atoms with Gasteiger partial charge in [0.25, 0.3) is 11.8 Å². The first kappa shape index (κ1) is 26.7. The molecule has 12 heteroatoms. The van der Waals surface area contributed by atoms with Gasteiger partial charge in [-0.2, -0.15) is 5.26 Å². The first-order valence-corrected chi connectivity index (χ1v) is 11.7. The molecule has 0 atom stereocenters. The molecule has 0 radical (unpaired) electrons. The average molecular weight is 743 g/mol. The molecule has 0 fully saturated rings. The highest BCUT2D eigenvalue weighted by atomic mass is 127. The van der Waals surface area contributed by atoms with Crippen molar-refractivity contribution in [1.29, 1.82) is 5.26 Å². The Morgan fingerprint density at radius 3 is 1.28 bits per heavy atom. The lowest BCUT2D eigenvalue weighted by Crippen LogP contribution is -2.39. The van der Waals surface area contributed by atoms with Crippen LogP contribution in [-0.2, 0) is 0 Å². The second kappa shape index (κ2) is 13.2. The first-order chi connectivity index (χ1) is 13.8. The largest absolute Gasteiger partial charge is 0.395 e. The number of carbonyl (C=O) groups is 2. The summed E-state index contributed by atoms with van der Waals surface area (Å²) in [6, 6.07) is 2.03. The van der Waals surface area contributed by atoms with Crippen LogP contribution in [0.2, 0.25) is 0 Å². The van der Waals surface area contributed by atoms with E-state index in [1.165, 1.54) is 9.80 Å². The van der Waals surface area contributed by atoms with Crippen molar-refractivity contribution < 1.29 is 30.0 Å². The van der Waals surface area contributed by atoms with Crippen molar-refractivity contribution in [3.63, 3.8) is 0 Å². The van der Waals surface area contributed by atoms with Crippen molar-refractivity contribution in [3.05, 3.63) is 27.4 Å². The SMILES string of the molecule is N#Cc1c(I)c(C(=O)N(CCO)CCO)c(I)c(C(=O)N(CCO)CCO)c1I. The fourth-order valence-corrected chi connectivity index (χ4v) is 6.90. The molecule has 0 saturated heterocycles. The van der Waals surface area contributed by atoms with Crippen molar-refractivity contribution in [2.75, 3.05) is 52.6 Å². The van der Waals surface area contributed by atoms with Crippen LogP contribution in [0, 0.1) is 22.0 Å². The third-order valence-electron chi connectivity index (χ3n) is 3.91. The summed E-state index contributed by atoms with van der Waals surface area (Å²) in [6.45, 7) is -1.26. The lowest BCUT2D eigenvalue weighted by molar-refractivity contribution is 0.0676. The van der Waals surface area contributed by atoms with Crippen LogP contribution in [0.5, 0.6) is 0 Å². The molecule has 0 spiro atoms. The van der Waals surface area contributed by atoms with Gasteiger partial charge in [0.15, 0.2) is 0 Å². The Bertz CT molecular complexity index is 733. The summed E-state index contributed by atoms with van der Waals surface area (Å²) in [5.74, 6) is -1.03. The number of benzene rings is 1. The van der Waals surface area contributed by atoms with Crippen LogP contribution in [-0.4, -0.2) is 94.6 Å². The summed E-state index contributed by atoms with van der Waals surface area (Å²) >= 11 is 5.63. The first-order valence-electron chi connectivity index (χ1n) is 8.43. The molecule has 0 aliphatic rings. The molecule has 0 aliphatic heterocycles. The summed E-state index contributed by atoms with van der Waals surface area (Å²) in [4.78, 5) is 28.7. The van der Waals surface area contributed by atoms with Crippen LogP contribution in [0.1, 0.15) is 26.3 Å². The predicted molar refractivity (Wildman–Crippen MR) is 129 cm³/mol. The lowest BCUT2D eigenvalue weighted by atomic mass is 10.0. The highest BCUT2D eigenvalue weighted by molar-refractivity contribution is 14.1. The Balaban J connectivity index is 3.69. The zero-order valence-corrected chi connectivity index (χ0v) is 21.7. The third-order valence-corrected chi connectivity index (χ3v) is 7.15. The highest BCUT2D eigenvalue weighted by Gasteiger charge is 2.31. The van der Waals surface area contributed by atoms with Crippen molar-refractivity contribution in [2.45, 2.75) is 0 Å². The number of aliphatic hydroxyl groups excluding tert-OH is 4. The van der Waals surface area contributed by atoms with Gasteiger partial charge >= 0.3 is 0 Å². The lowest BCUT2D eigenvalue weighted by Gasteiger charge is -2.26. The summed E-state index contributed by atoms with van der Waals surface area (Å²) in [5, 5.41) is 46.6.